The smallest absolute Gasteiger partial charge is 0.153 e. The molecule has 0 saturated heterocycles. The lowest BCUT2D eigenvalue weighted by Crippen LogP contribution is -1.90. The fourth-order valence-electron chi connectivity index (χ4n) is 1.55. The number of thiophene rings is 1. The summed E-state index contributed by atoms with van der Waals surface area (Å²) in [5.74, 6) is 0.624. The summed E-state index contributed by atoms with van der Waals surface area (Å²) in [6, 6.07) is 9.79. The Bertz CT molecular complexity index is 514. The molecular formula is C13H12O2S. The lowest BCUT2D eigenvalue weighted by Gasteiger charge is -2.05. The van der Waals surface area contributed by atoms with Gasteiger partial charge in [0.2, 0.25) is 0 Å². The standard InChI is InChI=1S/C13H12O2S/c1-9-3-6-13(16-9)10-4-5-11(8-14)12(7-10)15-2/h3-8H,1-2H3. The zero-order chi connectivity index (χ0) is 11.5. The first-order valence-corrected chi connectivity index (χ1v) is 5.76. The number of aldehydes is 1. The molecule has 0 aliphatic carbocycles. The fraction of sp³-hybridized carbons (Fsp3) is 0.154. The number of carbonyl (C=O) groups excluding carboxylic acids is 1. The van der Waals surface area contributed by atoms with Gasteiger partial charge in [-0.3, -0.25) is 4.79 Å². The minimum absolute atomic E-state index is 0.583. The molecule has 1 heterocycles. The number of benzene rings is 1. The Hall–Kier alpha value is -1.61. The third kappa shape index (κ3) is 1.99. The molecule has 3 heteroatoms. The van der Waals surface area contributed by atoms with Gasteiger partial charge in [-0.2, -0.15) is 0 Å². The van der Waals surface area contributed by atoms with E-state index >= 15 is 0 Å². The fourth-order valence-corrected chi connectivity index (χ4v) is 2.42. The molecule has 82 valence electrons. The Morgan fingerprint density at radius 3 is 2.62 bits per heavy atom. The molecule has 0 unspecified atom stereocenters. The summed E-state index contributed by atoms with van der Waals surface area (Å²) in [6.45, 7) is 2.07. The highest BCUT2D eigenvalue weighted by atomic mass is 32.1. The first-order valence-electron chi connectivity index (χ1n) is 4.94. The van der Waals surface area contributed by atoms with E-state index in [1.54, 1.807) is 24.5 Å². The molecule has 1 aromatic heterocycles. The highest BCUT2D eigenvalue weighted by Gasteiger charge is 2.06. The minimum atomic E-state index is 0.583. The highest BCUT2D eigenvalue weighted by molar-refractivity contribution is 7.15. The van der Waals surface area contributed by atoms with E-state index < -0.39 is 0 Å². The number of hydrogen-bond acceptors (Lipinski definition) is 3. The summed E-state index contributed by atoms with van der Waals surface area (Å²) in [7, 11) is 1.58. The number of aryl methyl sites for hydroxylation is 1. The summed E-state index contributed by atoms with van der Waals surface area (Å²) in [5.41, 5.74) is 1.67. The van der Waals surface area contributed by atoms with Crippen LogP contribution in [-0.2, 0) is 0 Å². The lowest BCUT2D eigenvalue weighted by molar-refractivity contribution is 0.112. The van der Waals surface area contributed by atoms with Crippen molar-refractivity contribution in [2.45, 2.75) is 6.92 Å². The molecule has 0 bridgehead atoms. The van der Waals surface area contributed by atoms with Gasteiger partial charge in [0.1, 0.15) is 5.75 Å². The normalized spacial score (nSPS) is 10.1. The monoisotopic (exact) mass is 232 g/mol. The maximum absolute atomic E-state index is 10.8. The third-order valence-corrected chi connectivity index (χ3v) is 3.44. The second kappa shape index (κ2) is 4.49. The molecule has 0 aliphatic heterocycles. The van der Waals surface area contributed by atoms with Crippen LogP contribution < -0.4 is 4.74 Å². The summed E-state index contributed by atoms with van der Waals surface area (Å²) in [5, 5.41) is 0. The summed E-state index contributed by atoms with van der Waals surface area (Å²) in [4.78, 5) is 13.2. The van der Waals surface area contributed by atoms with Crippen molar-refractivity contribution in [3.63, 3.8) is 0 Å². The van der Waals surface area contributed by atoms with Crippen LogP contribution >= 0.6 is 11.3 Å². The van der Waals surface area contributed by atoms with E-state index in [9.17, 15) is 4.79 Å². The molecular weight excluding hydrogens is 220 g/mol. The molecule has 0 fully saturated rings. The van der Waals surface area contributed by atoms with E-state index in [4.69, 9.17) is 4.74 Å². The van der Waals surface area contributed by atoms with E-state index in [0.29, 0.717) is 11.3 Å². The lowest BCUT2D eigenvalue weighted by atomic mass is 10.1. The van der Waals surface area contributed by atoms with Crippen LogP contribution in [0.25, 0.3) is 10.4 Å². The Labute approximate surface area is 98.5 Å². The molecule has 0 saturated carbocycles. The predicted octanol–water partition coefficient (Wildman–Crippen LogP) is 3.54. The van der Waals surface area contributed by atoms with E-state index in [1.165, 1.54) is 9.75 Å². The first kappa shape index (κ1) is 10.9. The van der Waals surface area contributed by atoms with Crippen molar-refractivity contribution in [2.24, 2.45) is 0 Å². The Morgan fingerprint density at radius 2 is 2.06 bits per heavy atom. The average Bonchev–Trinajstić information content (AvgIpc) is 2.75. The van der Waals surface area contributed by atoms with E-state index in [1.807, 2.05) is 12.1 Å². The molecule has 2 nitrogen and oxygen atoms in total. The molecule has 0 amide bonds. The van der Waals surface area contributed by atoms with Crippen molar-refractivity contribution in [3.05, 3.63) is 40.8 Å². The number of methoxy groups -OCH3 is 1. The average molecular weight is 232 g/mol. The second-order valence-electron chi connectivity index (χ2n) is 3.48. The minimum Gasteiger partial charge on any atom is -0.496 e. The van der Waals surface area contributed by atoms with Crippen molar-refractivity contribution in [2.75, 3.05) is 7.11 Å². The van der Waals surface area contributed by atoms with Crippen LogP contribution in [0.3, 0.4) is 0 Å². The van der Waals surface area contributed by atoms with Crippen LogP contribution in [0.1, 0.15) is 15.2 Å². The highest BCUT2D eigenvalue weighted by Crippen LogP contribution is 2.31. The van der Waals surface area contributed by atoms with E-state index in [2.05, 4.69) is 19.1 Å². The Kier molecular flexibility index (Phi) is 3.06. The van der Waals surface area contributed by atoms with Gasteiger partial charge in [-0.05, 0) is 36.8 Å². The van der Waals surface area contributed by atoms with Gasteiger partial charge in [0, 0.05) is 9.75 Å². The molecule has 0 spiro atoms. The summed E-state index contributed by atoms with van der Waals surface area (Å²) >= 11 is 1.73. The maximum atomic E-state index is 10.8. The van der Waals surface area contributed by atoms with Crippen LogP contribution in [0.4, 0.5) is 0 Å². The zero-order valence-corrected chi connectivity index (χ0v) is 10.0. The van der Waals surface area contributed by atoms with Crippen molar-refractivity contribution in [1.29, 1.82) is 0 Å². The Morgan fingerprint density at radius 1 is 1.25 bits per heavy atom. The number of carbonyl (C=O) groups is 1. The molecule has 2 rings (SSSR count). The molecule has 0 radical (unpaired) electrons. The molecule has 0 aliphatic rings. The van der Waals surface area contributed by atoms with Crippen molar-refractivity contribution < 1.29 is 9.53 Å². The van der Waals surface area contributed by atoms with Crippen LogP contribution in [-0.4, -0.2) is 13.4 Å². The van der Waals surface area contributed by atoms with Gasteiger partial charge in [0.25, 0.3) is 0 Å². The SMILES string of the molecule is COc1cc(-c2ccc(C)s2)ccc1C=O. The van der Waals surface area contributed by atoms with Gasteiger partial charge in [-0.15, -0.1) is 11.3 Å². The molecule has 1 aromatic carbocycles. The molecule has 0 N–H and O–H groups in total. The maximum Gasteiger partial charge on any atom is 0.153 e. The van der Waals surface area contributed by atoms with Crippen molar-refractivity contribution >= 4 is 17.6 Å². The number of rotatable bonds is 3. The number of hydrogen-bond donors (Lipinski definition) is 0. The zero-order valence-electron chi connectivity index (χ0n) is 9.19. The van der Waals surface area contributed by atoms with Gasteiger partial charge in [-0.25, -0.2) is 0 Å². The number of ether oxygens (including phenoxy) is 1. The van der Waals surface area contributed by atoms with Crippen molar-refractivity contribution in [3.8, 4) is 16.2 Å². The second-order valence-corrected chi connectivity index (χ2v) is 4.77. The molecule has 0 atom stereocenters. The predicted molar refractivity (Wildman–Crippen MR) is 66.4 cm³/mol. The van der Waals surface area contributed by atoms with Crippen LogP contribution in [0.5, 0.6) is 5.75 Å². The third-order valence-electron chi connectivity index (χ3n) is 2.39. The summed E-state index contributed by atoms with van der Waals surface area (Å²) < 4.78 is 5.18. The van der Waals surface area contributed by atoms with Gasteiger partial charge < -0.3 is 4.74 Å². The van der Waals surface area contributed by atoms with Gasteiger partial charge >= 0.3 is 0 Å². The van der Waals surface area contributed by atoms with Crippen molar-refractivity contribution in [1.82, 2.24) is 0 Å². The van der Waals surface area contributed by atoms with E-state index in [-0.39, 0.29) is 0 Å². The Balaban J connectivity index is 2.47. The van der Waals surface area contributed by atoms with Gasteiger partial charge in [0.15, 0.2) is 6.29 Å². The van der Waals surface area contributed by atoms with Gasteiger partial charge in [0.05, 0.1) is 12.7 Å². The first-order chi connectivity index (χ1) is 7.74. The summed E-state index contributed by atoms with van der Waals surface area (Å²) in [6.07, 6.45) is 0.808. The topological polar surface area (TPSA) is 26.3 Å². The molecule has 16 heavy (non-hydrogen) atoms. The van der Waals surface area contributed by atoms with Crippen LogP contribution in [0, 0.1) is 6.92 Å². The van der Waals surface area contributed by atoms with Crippen LogP contribution in [0.15, 0.2) is 30.3 Å². The largest absolute Gasteiger partial charge is 0.496 e. The van der Waals surface area contributed by atoms with Crippen LogP contribution in [0.2, 0.25) is 0 Å². The van der Waals surface area contributed by atoms with E-state index in [0.717, 1.165) is 11.8 Å². The van der Waals surface area contributed by atoms with Gasteiger partial charge in [-0.1, -0.05) is 6.07 Å². The molecule has 2 aromatic rings. The quantitative estimate of drug-likeness (QED) is 0.756.